The van der Waals surface area contributed by atoms with Crippen LogP contribution in [0.2, 0.25) is 0 Å². The molecule has 1 N–H and O–H groups in total. The molecule has 3 fully saturated rings. The summed E-state index contributed by atoms with van der Waals surface area (Å²) in [4.78, 5) is 56.1. The fourth-order valence-corrected chi connectivity index (χ4v) is 6.18. The number of fused-ring (bicyclic) bond motifs is 1. The zero-order valence-corrected chi connectivity index (χ0v) is 23.9. The zero-order valence-electron chi connectivity index (χ0n) is 23.9. The maximum absolute atomic E-state index is 16.0. The van der Waals surface area contributed by atoms with Crippen molar-refractivity contribution in [2.24, 2.45) is 0 Å². The van der Waals surface area contributed by atoms with Crippen LogP contribution in [0.25, 0.3) is 11.8 Å². The van der Waals surface area contributed by atoms with Crippen molar-refractivity contribution in [3.63, 3.8) is 0 Å². The fraction of sp³-hybridized carbons (Fsp3) is 0.355. The predicted molar refractivity (Wildman–Crippen MR) is 157 cm³/mol. The Morgan fingerprint density at radius 2 is 1.75 bits per heavy atom. The highest BCUT2D eigenvalue weighted by Crippen LogP contribution is 2.49. The molecule has 11 nitrogen and oxygen atoms in total. The maximum atomic E-state index is 16.0. The molecular weight excluding hydrogens is 572 g/mol. The Morgan fingerprint density at radius 3 is 2.34 bits per heavy atom. The summed E-state index contributed by atoms with van der Waals surface area (Å²) in [6.45, 7) is 6.22. The van der Waals surface area contributed by atoms with E-state index in [2.05, 4.69) is 21.5 Å². The number of ketones is 1. The van der Waals surface area contributed by atoms with E-state index in [0.29, 0.717) is 28.7 Å². The molecule has 3 aliphatic carbocycles. The number of hydrogen-bond donors (Lipinski definition) is 1. The van der Waals surface area contributed by atoms with Crippen LogP contribution in [0, 0.1) is 0 Å². The minimum absolute atomic E-state index is 0.0554. The molecule has 0 unspecified atom stereocenters. The molecule has 2 aromatic rings. The average molecular weight is 602 g/mol. The summed E-state index contributed by atoms with van der Waals surface area (Å²) in [5.41, 5.74) is -0.516. The largest absolute Gasteiger partial charge is 0.355 e. The van der Waals surface area contributed by atoms with Crippen LogP contribution in [0.5, 0.6) is 0 Å². The second kappa shape index (κ2) is 10.4. The summed E-state index contributed by atoms with van der Waals surface area (Å²) < 4.78 is 32.3. The first-order chi connectivity index (χ1) is 21.2. The first kappa shape index (κ1) is 28.0. The minimum atomic E-state index is -1.09. The second-order valence-corrected chi connectivity index (χ2v) is 11.6. The van der Waals surface area contributed by atoms with Crippen molar-refractivity contribution < 1.29 is 23.6 Å². The van der Waals surface area contributed by atoms with Gasteiger partial charge in [-0.05, 0) is 56.9 Å². The van der Waals surface area contributed by atoms with E-state index in [1.807, 2.05) is 6.92 Å². The van der Waals surface area contributed by atoms with Gasteiger partial charge in [-0.2, -0.15) is 4.98 Å². The first-order valence-electron chi connectivity index (χ1n) is 14.6. The zero-order chi connectivity index (χ0) is 30.9. The molecule has 5 aliphatic rings. The van der Waals surface area contributed by atoms with Crippen molar-refractivity contribution >= 4 is 29.4 Å². The topological polar surface area (TPSA) is 125 Å². The number of piperazine rings is 1. The van der Waals surface area contributed by atoms with E-state index >= 15 is 8.78 Å². The number of aromatic nitrogens is 4. The van der Waals surface area contributed by atoms with E-state index in [1.165, 1.54) is 23.0 Å². The molecule has 2 aliphatic heterocycles. The number of hydroxylamine groups is 1. The molecule has 0 bridgehead atoms. The van der Waals surface area contributed by atoms with Gasteiger partial charge in [0.15, 0.2) is 17.4 Å². The summed E-state index contributed by atoms with van der Waals surface area (Å²) in [6, 6.07) is -0.350. The quantitative estimate of drug-likeness (QED) is 0.510. The lowest BCUT2D eigenvalue weighted by atomic mass is 9.98. The minimum Gasteiger partial charge on any atom is -0.350 e. The number of nitrogens with zero attached hydrogens (tertiary/aromatic N) is 7. The van der Waals surface area contributed by atoms with Crippen molar-refractivity contribution in [2.75, 3.05) is 29.6 Å². The van der Waals surface area contributed by atoms with Crippen molar-refractivity contribution in [3.05, 3.63) is 87.6 Å². The van der Waals surface area contributed by atoms with Crippen LogP contribution in [0.4, 0.5) is 20.4 Å². The van der Waals surface area contributed by atoms with Crippen molar-refractivity contribution in [3.8, 4) is 5.69 Å². The SMILES string of the molecule is C=CC(=O)N1CCN(c2nc(=O)n(-c3c(C4CC4)ncnc3C3CC3)c3c2C=C(F)/C(=C2/C(=O)C=CC=C2F)N3O)[C@@H](C)C1. The molecule has 1 amide bonds. The van der Waals surface area contributed by atoms with Gasteiger partial charge >= 0.3 is 5.69 Å². The Morgan fingerprint density at radius 1 is 1.07 bits per heavy atom. The van der Waals surface area contributed by atoms with Crippen molar-refractivity contribution in [2.45, 2.75) is 50.5 Å². The van der Waals surface area contributed by atoms with Crippen molar-refractivity contribution in [1.29, 1.82) is 0 Å². The number of amides is 1. The molecule has 13 heteroatoms. The number of rotatable bonds is 5. The van der Waals surface area contributed by atoms with Gasteiger partial charge < -0.3 is 9.80 Å². The van der Waals surface area contributed by atoms with E-state index in [1.54, 1.807) is 9.80 Å². The van der Waals surface area contributed by atoms with E-state index in [-0.39, 0.29) is 54.1 Å². The molecule has 0 aromatic carbocycles. The number of anilines is 2. The summed E-state index contributed by atoms with van der Waals surface area (Å²) in [5.74, 6) is -3.18. The Bertz CT molecular complexity index is 1790. The molecule has 44 heavy (non-hydrogen) atoms. The molecule has 0 radical (unpaired) electrons. The van der Waals surface area contributed by atoms with Gasteiger partial charge in [-0.1, -0.05) is 12.7 Å². The third-order valence-corrected chi connectivity index (χ3v) is 8.62. The molecular formula is C31H29F2N7O4. The van der Waals surface area contributed by atoms with Crippen LogP contribution < -0.4 is 15.7 Å². The summed E-state index contributed by atoms with van der Waals surface area (Å²) >= 11 is 0. The predicted octanol–water partition coefficient (Wildman–Crippen LogP) is 3.77. The van der Waals surface area contributed by atoms with Gasteiger partial charge in [0.25, 0.3) is 0 Å². The Balaban J connectivity index is 1.49. The third kappa shape index (κ3) is 4.50. The monoisotopic (exact) mass is 601 g/mol. The van der Waals surface area contributed by atoms with E-state index in [9.17, 15) is 19.6 Å². The summed E-state index contributed by atoms with van der Waals surface area (Å²) in [6.07, 6.45) is 10.4. The molecule has 1 saturated heterocycles. The van der Waals surface area contributed by atoms with Crippen LogP contribution in [-0.4, -0.2) is 67.0 Å². The van der Waals surface area contributed by atoms with Crippen LogP contribution in [0.15, 0.2) is 64.9 Å². The molecule has 2 saturated carbocycles. The summed E-state index contributed by atoms with van der Waals surface area (Å²) in [7, 11) is 0. The molecule has 1 atom stereocenters. The first-order valence-corrected chi connectivity index (χ1v) is 14.6. The van der Waals surface area contributed by atoms with Gasteiger partial charge in [0.2, 0.25) is 5.91 Å². The smallest absolute Gasteiger partial charge is 0.350 e. The lowest BCUT2D eigenvalue weighted by Gasteiger charge is -2.41. The van der Waals surface area contributed by atoms with Gasteiger partial charge in [0.1, 0.15) is 23.7 Å². The number of halogens is 2. The van der Waals surface area contributed by atoms with Crippen LogP contribution in [0.1, 0.15) is 61.4 Å². The number of allylic oxidation sites excluding steroid dienone is 6. The lowest BCUT2D eigenvalue weighted by molar-refractivity contribution is -0.126. The molecule has 226 valence electrons. The number of carbonyl (C=O) groups is 2. The van der Waals surface area contributed by atoms with Gasteiger partial charge in [0, 0.05) is 37.5 Å². The highest BCUT2D eigenvalue weighted by atomic mass is 19.1. The van der Waals surface area contributed by atoms with Crippen LogP contribution in [-0.2, 0) is 9.59 Å². The van der Waals surface area contributed by atoms with E-state index in [0.717, 1.165) is 43.9 Å². The normalized spacial score (nSPS) is 23.4. The highest BCUT2D eigenvalue weighted by Gasteiger charge is 2.41. The van der Waals surface area contributed by atoms with Gasteiger partial charge in [-0.25, -0.2) is 33.2 Å². The van der Waals surface area contributed by atoms with Gasteiger partial charge in [0.05, 0.1) is 28.2 Å². The van der Waals surface area contributed by atoms with Crippen LogP contribution >= 0.6 is 0 Å². The molecule has 0 spiro atoms. The molecule has 2 aromatic heterocycles. The summed E-state index contributed by atoms with van der Waals surface area (Å²) in [5, 5.41) is 12.2. The van der Waals surface area contributed by atoms with Gasteiger partial charge in [-0.15, -0.1) is 0 Å². The standard InChI is InChI=1S/C31H29F2N7O4/c1-3-23(42)37-11-12-38(16(2)14-37)29-19-13-21(33)27(24-20(32)5-4-6-22(24)41)40(44)30(19)39(31(43)36-29)28-25(17-7-8-17)34-15-35-26(28)18-9-10-18/h3-6,13,15-18,44H,1,7-12,14H2,2H3/b27-24-/t16-/m0/s1. The Labute approximate surface area is 250 Å². The van der Waals surface area contributed by atoms with Gasteiger partial charge in [-0.3, -0.25) is 14.8 Å². The highest BCUT2D eigenvalue weighted by molar-refractivity contribution is 6.10. The van der Waals surface area contributed by atoms with E-state index in [4.69, 9.17) is 0 Å². The Kier molecular flexibility index (Phi) is 6.65. The van der Waals surface area contributed by atoms with E-state index < -0.39 is 34.4 Å². The maximum Gasteiger partial charge on any atom is 0.355 e. The lowest BCUT2D eigenvalue weighted by Crippen LogP contribution is -2.54. The van der Waals surface area contributed by atoms with Crippen LogP contribution in [0.3, 0.4) is 0 Å². The second-order valence-electron chi connectivity index (χ2n) is 11.6. The Hall–Kier alpha value is -4.78. The average Bonchev–Trinajstić information content (AvgIpc) is 3.92. The fourth-order valence-electron chi connectivity index (χ4n) is 6.18. The molecule has 4 heterocycles. The third-order valence-electron chi connectivity index (χ3n) is 8.62. The number of carbonyl (C=O) groups excluding carboxylic acids is 2. The van der Waals surface area contributed by atoms with Crippen molar-refractivity contribution in [1.82, 2.24) is 24.4 Å². The number of hydrogen-bond acceptors (Lipinski definition) is 9. The molecule has 7 rings (SSSR count).